The number of aromatic nitrogens is 2. The normalized spacial score (nSPS) is 24.1. The van der Waals surface area contributed by atoms with E-state index < -0.39 is 0 Å². The van der Waals surface area contributed by atoms with E-state index in [1.54, 1.807) is 0 Å². The molecule has 2 heterocycles. The van der Waals surface area contributed by atoms with Crippen molar-refractivity contribution in [3.05, 3.63) is 6.07 Å². The maximum Gasteiger partial charge on any atom is 0.223 e. The molecular weight excluding hydrogens is 226 g/mol. The number of nitrogen functional groups attached to an aromatic ring is 1. The van der Waals surface area contributed by atoms with Crippen LogP contribution in [0.15, 0.2) is 6.07 Å². The van der Waals surface area contributed by atoms with Crippen molar-refractivity contribution in [1.82, 2.24) is 9.97 Å². The molecule has 1 aliphatic rings. The van der Waals surface area contributed by atoms with Crippen LogP contribution in [-0.2, 0) is 0 Å². The van der Waals surface area contributed by atoms with Gasteiger partial charge in [-0.15, -0.1) is 0 Å². The number of nitrogens with zero attached hydrogens (tertiary/aromatic N) is 3. The van der Waals surface area contributed by atoms with Gasteiger partial charge in [-0.1, -0.05) is 6.92 Å². The largest absolute Gasteiger partial charge is 0.370 e. The number of rotatable bonds is 3. The van der Waals surface area contributed by atoms with Gasteiger partial charge < -0.3 is 16.0 Å². The molecule has 1 aliphatic heterocycles. The highest BCUT2D eigenvalue weighted by molar-refractivity contribution is 5.53. The Morgan fingerprint density at radius 1 is 1.44 bits per heavy atom. The summed E-state index contributed by atoms with van der Waals surface area (Å²) in [6.07, 6.45) is 2.50. The Balaban J connectivity index is 2.26. The second-order valence-electron chi connectivity index (χ2n) is 5.05. The summed E-state index contributed by atoms with van der Waals surface area (Å²) in [5.41, 5.74) is 5.79. The van der Waals surface area contributed by atoms with Crippen molar-refractivity contribution < 1.29 is 0 Å². The van der Waals surface area contributed by atoms with Crippen LogP contribution in [0.5, 0.6) is 0 Å². The van der Waals surface area contributed by atoms with Crippen LogP contribution in [0.1, 0.15) is 33.6 Å². The number of anilines is 3. The maximum absolute atomic E-state index is 5.79. The molecule has 3 N–H and O–H groups in total. The molecule has 5 nitrogen and oxygen atoms in total. The molecule has 1 fully saturated rings. The van der Waals surface area contributed by atoms with E-state index in [1.165, 1.54) is 12.8 Å². The minimum absolute atomic E-state index is 0.342. The first-order chi connectivity index (χ1) is 8.61. The van der Waals surface area contributed by atoms with Crippen LogP contribution in [0.25, 0.3) is 0 Å². The number of hydrogen-bond donors (Lipinski definition) is 2. The molecule has 0 aliphatic carbocycles. The summed E-state index contributed by atoms with van der Waals surface area (Å²) < 4.78 is 0. The molecule has 2 rings (SSSR count). The quantitative estimate of drug-likeness (QED) is 0.859. The van der Waals surface area contributed by atoms with Gasteiger partial charge in [0.2, 0.25) is 5.95 Å². The summed E-state index contributed by atoms with van der Waals surface area (Å²) in [6.45, 7) is 8.49. The Labute approximate surface area is 109 Å². The molecule has 0 amide bonds. The van der Waals surface area contributed by atoms with Gasteiger partial charge in [-0.25, -0.2) is 0 Å². The smallest absolute Gasteiger partial charge is 0.223 e. The van der Waals surface area contributed by atoms with Gasteiger partial charge >= 0.3 is 0 Å². The highest BCUT2D eigenvalue weighted by atomic mass is 15.2. The molecule has 2 atom stereocenters. The van der Waals surface area contributed by atoms with E-state index in [0.29, 0.717) is 17.9 Å². The number of nitrogens with one attached hydrogen (secondary N) is 1. The van der Waals surface area contributed by atoms with Crippen molar-refractivity contribution in [1.29, 1.82) is 0 Å². The van der Waals surface area contributed by atoms with Crippen LogP contribution in [0.4, 0.5) is 17.6 Å². The fourth-order valence-corrected chi connectivity index (χ4v) is 2.53. The Morgan fingerprint density at radius 2 is 2.22 bits per heavy atom. The van der Waals surface area contributed by atoms with Gasteiger partial charge in [0.1, 0.15) is 11.6 Å². The topological polar surface area (TPSA) is 67.1 Å². The van der Waals surface area contributed by atoms with Gasteiger partial charge in [0, 0.05) is 25.2 Å². The lowest BCUT2D eigenvalue weighted by Gasteiger charge is -2.38. The van der Waals surface area contributed by atoms with Crippen molar-refractivity contribution in [2.45, 2.75) is 39.7 Å². The predicted molar refractivity (Wildman–Crippen MR) is 75.8 cm³/mol. The van der Waals surface area contributed by atoms with Crippen molar-refractivity contribution in [2.24, 2.45) is 5.92 Å². The highest BCUT2D eigenvalue weighted by Crippen LogP contribution is 2.28. The zero-order valence-electron chi connectivity index (χ0n) is 11.5. The molecule has 18 heavy (non-hydrogen) atoms. The van der Waals surface area contributed by atoms with E-state index in [1.807, 2.05) is 13.0 Å². The molecule has 0 spiro atoms. The average molecular weight is 249 g/mol. The minimum atomic E-state index is 0.342. The summed E-state index contributed by atoms with van der Waals surface area (Å²) in [7, 11) is 0. The van der Waals surface area contributed by atoms with E-state index in [2.05, 4.69) is 34.0 Å². The number of hydrogen-bond acceptors (Lipinski definition) is 5. The summed E-state index contributed by atoms with van der Waals surface area (Å²) >= 11 is 0. The molecule has 0 bridgehead atoms. The predicted octanol–water partition coefficient (Wildman–Crippen LogP) is 2.12. The van der Waals surface area contributed by atoms with Gasteiger partial charge in [-0.3, -0.25) is 0 Å². The van der Waals surface area contributed by atoms with Crippen molar-refractivity contribution >= 4 is 17.6 Å². The third kappa shape index (κ3) is 2.66. The monoisotopic (exact) mass is 249 g/mol. The van der Waals surface area contributed by atoms with E-state index >= 15 is 0 Å². The van der Waals surface area contributed by atoms with Crippen LogP contribution < -0.4 is 16.0 Å². The van der Waals surface area contributed by atoms with Crippen LogP contribution >= 0.6 is 0 Å². The standard InChI is InChI=1S/C13H23N5/c1-4-15-11-8-12(17-13(14)16-11)18-7-5-6-9(2)10(18)3/h8-10H,4-7H2,1-3H3,(H3,14,15,16,17). The molecule has 1 saturated heterocycles. The van der Waals surface area contributed by atoms with Gasteiger partial charge in [0.25, 0.3) is 0 Å². The lowest BCUT2D eigenvalue weighted by molar-refractivity contribution is 0.361. The zero-order valence-corrected chi connectivity index (χ0v) is 11.5. The number of piperidine rings is 1. The van der Waals surface area contributed by atoms with E-state index in [4.69, 9.17) is 5.73 Å². The lowest BCUT2D eigenvalue weighted by Crippen LogP contribution is -2.43. The molecule has 5 heteroatoms. The van der Waals surface area contributed by atoms with Crippen LogP contribution in [0.2, 0.25) is 0 Å². The highest BCUT2D eigenvalue weighted by Gasteiger charge is 2.26. The minimum Gasteiger partial charge on any atom is -0.370 e. The van der Waals surface area contributed by atoms with Gasteiger partial charge in [0.15, 0.2) is 0 Å². The van der Waals surface area contributed by atoms with Crippen molar-refractivity contribution in [2.75, 3.05) is 29.0 Å². The summed E-state index contributed by atoms with van der Waals surface area (Å²) in [6, 6.07) is 2.50. The first-order valence-electron chi connectivity index (χ1n) is 6.77. The Bertz CT molecular complexity index is 406. The summed E-state index contributed by atoms with van der Waals surface area (Å²) in [5.74, 6) is 2.79. The number of nitrogens with two attached hydrogens (primary N) is 1. The molecule has 0 aromatic carbocycles. The van der Waals surface area contributed by atoms with E-state index in [0.717, 1.165) is 24.7 Å². The van der Waals surface area contributed by atoms with Crippen LogP contribution in [-0.4, -0.2) is 29.1 Å². The molecule has 2 unspecified atom stereocenters. The van der Waals surface area contributed by atoms with Crippen molar-refractivity contribution in [3.8, 4) is 0 Å². The molecule has 1 aromatic rings. The van der Waals surface area contributed by atoms with E-state index in [9.17, 15) is 0 Å². The Morgan fingerprint density at radius 3 is 2.94 bits per heavy atom. The van der Waals surface area contributed by atoms with Gasteiger partial charge in [0.05, 0.1) is 0 Å². The molecule has 0 saturated carbocycles. The molecule has 1 aromatic heterocycles. The SMILES string of the molecule is CCNc1cc(N2CCCC(C)C2C)nc(N)n1. The third-order valence-corrected chi connectivity index (χ3v) is 3.76. The fourth-order valence-electron chi connectivity index (χ4n) is 2.53. The first kappa shape index (κ1) is 12.9. The second-order valence-corrected chi connectivity index (χ2v) is 5.05. The lowest BCUT2D eigenvalue weighted by atomic mass is 9.92. The first-order valence-corrected chi connectivity index (χ1v) is 6.77. The van der Waals surface area contributed by atoms with Crippen LogP contribution in [0.3, 0.4) is 0 Å². The van der Waals surface area contributed by atoms with E-state index in [-0.39, 0.29) is 0 Å². The Kier molecular flexibility index (Phi) is 3.89. The van der Waals surface area contributed by atoms with Gasteiger partial charge in [-0.2, -0.15) is 9.97 Å². The molecule has 100 valence electrons. The molecule has 0 radical (unpaired) electrons. The van der Waals surface area contributed by atoms with Crippen LogP contribution in [0, 0.1) is 5.92 Å². The molecular formula is C13H23N5. The maximum atomic E-state index is 5.79. The van der Waals surface area contributed by atoms with Gasteiger partial charge in [-0.05, 0) is 32.6 Å². The zero-order chi connectivity index (χ0) is 13.1. The second kappa shape index (κ2) is 5.42. The summed E-state index contributed by atoms with van der Waals surface area (Å²) in [5, 5.41) is 3.20. The third-order valence-electron chi connectivity index (χ3n) is 3.76. The Hall–Kier alpha value is -1.52. The summed E-state index contributed by atoms with van der Waals surface area (Å²) in [4.78, 5) is 10.9. The fraction of sp³-hybridized carbons (Fsp3) is 0.692. The average Bonchev–Trinajstić information content (AvgIpc) is 2.32. The van der Waals surface area contributed by atoms with Crippen molar-refractivity contribution in [3.63, 3.8) is 0 Å².